The van der Waals surface area contributed by atoms with Crippen molar-refractivity contribution in [3.63, 3.8) is 0 Å². The van der Waals surface area contributed by atoms with Gasteiger partial charge in [0.1, 0.15) is 17.4 Å². The molecule has 1 aliphatic rings. The van der Waals surface area contributed by atoms with Crippen molar-refractivity contribution >= 4 is 16.8 Å². The molecule has 1 aromatic heterocycles. The van der Waals surface area contributed by atoms with Gasteiger partial charge < -0.3 is 9.64 Å². The monoisotopic (exact) mass is 433 g/mol. The molecule has 3 aromatic carbocycles. The zero-order valence-electron chi connectivity index (χ0n) is 17.4. The third-order valence-electron chi connectivity index (χ3n) is 5.58. The zero-order valence-corrected chi connectivity index (χ0v) is 17.4. The summed E-state index contributed by atoms with van der Waals surface area (Å²) in [5.41, 5.74) is 2.50. The molecular weight excluding hydrogens is 412 g/mol. The van der Waals surface area contributed by atoms with Crippen LogP contribution in [0.1, 0.15) is 28.8 Å². The van der Waals surface area contributed by atoms with Gasteiger partial charge in [0.2, 0.25) is 0 Å². The smallest absolute Gasteiger partial charge is 0.254 e. The van der Waals surface area contributed by atoms with Crippen molar-refractivity contribution in [2.75, 3.05) is 7.05 Å². The molecule has 1 saturated carbocycles. The zero-order chi connectivity index (χ0) is 22.2. The minimum absolute atomic E-state index is 0.0489. The maximum absolute atomic E-state index is 15.2. The van der Waals surface area contributed by atoms with Crippen molar-refractivity contribution < 1.29 is 18.3 Å². The Bertz CT molecular complexity index is 1300. The molecule has 1 amide bonds. The lowest BCUT2D eigenvalue weighted by Gasteiger charge is -2.20. The second kappa shape index (κ2) is 8.07. The van der Waals surface area contributed by atoms with E-state index in [-0.39, 0.29) is 29.9 Å². The van der Waals surface area contributed by atoms with Crippen LogP contribution in [0.4, 0.5) is 8.78 Å². The molecule has 0 bridgehead atoms. The van der Waals surface area contributed by atoms with Crippen LogP contribution in [0.3, 0.4) is 0 Å². The second-order valence-electron chi connectivity index (χ2n) is 8.04. The first-order chi connectivity index (χ1) is 15.5. The molecule has 1 heterocycles. The molecular formula is C25H21F2N3O2. The van der Waals surface area contributed by atoms with Crippen molar-refractivity contribution in [1.82, 2.24) is 15.1 Å². The maximum atomic E-state index is 15.2. The largest absolute Gasteiger partial charge is 0.490 e. The van der Waals surface area contributed by atoms with Crippen molar-refractivity contribution in [3.05, 3.63) is 83.6 Å². The van der Waals surface area contributed by atoms with Crippen molar-refractivity contribution in [3.8, 4) is 16.9 Å². The van der Waals surface area contributed by atoms with E-state index in [9.17, 15) is 9.18 Å². The van der Waals surface area contributed by atoms with E-state index in [4.69, 9.17) is 4.74 Å². The highest BCUT2D eigenvalue weighted by Crippen LogP contribution is 2.38. The highest BCUT2D eigenvalue weighted by molar-refractivity contribution is 5.96. The van der Waals surface area contributed by atoms with E-state index in [0.717, 1.165) is 12.8 Å². The quantitative estimate of drug-likeness (QED) is 0.448. The summed E-state index contributed by atoms with van der Waals surface area (Å²) in [6, 6.07) is 15.0. The number of halogens is 2. The molecule has 0 aliphatic heterocycles. The van der Waals surface area contributed by atoms with Crippen LogP contribution in [0, 0.1) is 11.6 Å². The number of H-pyrrole nitrogens is 1. The number of rotatable bonds is 6. The van der Waals surface area contributed by atoms with Gasteiger partial charge in [-0.3, -0.25) is 9.89 Å². The number of aromatic amines is 1. The average Bonchev–Trinajstić information content (AvgIpc) is 3.46. The molecule has 32 heavy (non-hydrogen) atoms. The molecule has 4 aromatic rings. The Balaban J connectivity index is 1.47. The molecule has 0 saturated heterocycles. The predicted molar refractivity (Wildman–Crippen MR) is 117 cm³/mol. The maximum Gasteiger partial charge on any atom is 0.254 e. The molecule has 0 atom stereocenters. The Morgan fingerprint density at radius 2 is 1.91 bits per heavy atom. The van der Waals surface area contributed by atoms with E-state index in [1.54, 1.807) is 19.2 Å². The van der Waals surface area contributed by atoms with Crippen molar-refractivity contribution in [2.24, 2.45) is 0 Å². The first-order valence-electron chi connectivity index (χ1n) is 10.4. The number of nitrogens with one attached hydrogen (secondary N) is 1. The van der Waals surface area contributed by atoms with Gasteiger partial charge in [-0.1, -0.05) is 36.4 Å². The molecule has 0 spiro atoms. The van der Waals surface area contributed by atoms with Crippen LogP contribution in [0.25, 0.3) is 22.0 Å². The topological polar surface area (TPSA) is 58.2 Å². The number of fused-ring (bicyclic) bond motifs is 1. The minimum atomic E-state index is -0.510. The number of carbonyl (C=O) groups excluding carboxylic acids is 1. The van der Waals surface area contributed by atoms with Crippen LogP contribution in [-0.4, -0.2) is 34.2 Å². The van der Waals surface area contributed by atoms with E-state index in [2.05, 4.69) is 10.2 Å². The van der Waals surface area contributed by atoms with Gasteiger partial charge in [-0.25, -0.2) is 8.78 Å². The summed E-state index contributed by atoms with van der Waals surface area (Å²) in [5.74, 6) is -0.884. The van der Waals surface area contributed by atoms with E-state index >= 15 is 4.39 Å². The summed E-state index contributed by atoms with van der Waals surface area (Å²) in [6.07, 6.45) is 3.29. The SMILES string of the molecule is CN(Cc1ccc(F)c2cn[nH]c12)C(=O)c1cc(F)c(-c2ccccc2)c(OC2CC2)c1. The second-order valence-corrected chi connectivity index (χ2v) is 8.04. The number of carbonyl (C=O) groups is 1. The van der Waals surface area contributed by atoms with Gasteiger partial charge >= 0.3 is 0 Å². The molecule has 7 heteroatoms. The third kappa shape index (κ3) is 3.82. The van der Waals surface area contributed by atoms with Gasteiger partial charge in [0.15, 0.2) is 0 Å². The Morgan fingerprint density at radius 1 is 1.12 bits per heavy atom. The minimum Gasteiger partial charge on any atom is -0.490 e. The van der Waals surface area contributed by atoms with E-state index < -0.39 is 5.82 Å². The van der Waals surface area contributed by atoms with Crippen LogP contribution in [-0.2, 0) is 6.54 Å². The third-order valence-corrected chi connectivity index (χ3v) is 5.58. The molecule has 162 valence electrons. The van der Waals surface area contributed by atoms with Crippen LogP contribution in [0.2, 0.25) is 0 Å². The van der Waals surface area contributed by atoms with Gasteiger partial charge in [0.05, 0.1) is 28.8 Å². The predicted octanol–water partition coefficient (Wildman–Crippen LogP) is 5.32. The number of nitrogens with zero attached hydrogens (tertiary/aromatic N) is 2. The number of hydrogen-bond donors (Lipinski definition) is 1. The number of benzene rings is 3. The van der Waals surface area contributed by atoms with Crippen molar-refractivity contribution in [1.29, 1.82) is 0 Å². The first kappa shape index (κ1) is 20.2. The summed E-state index contributed by atoms with van der Waals surface area (Å²) in [4.78, 5) is 14.6. The van der Waals surface area contributed by atoms with Gasteiger partial charge in [-0.05, 0) is 42.2 Å². The summed E-state index contributed by atoms with van der Waals surface area (Å²) < 4.78 is 35.1. The van der Waals surface area contributed by atoms with Crippen molar-refractivity contribution in [2.45, 2.75) is 25.5 Å². The van der Waals surface area contributed by atoms with E-state index in [1.165, 1.54) is 23.2 Å². The molecule has 1 aliphatic carbocycles. The summed E-state index contributed by atoms with van der Waals surface area (Å²) in [7, 11) is 1.62. The van der Waals surface area contributed by atoms with Crippen LogP contribution < -0.4 is 4.74 Å². The summed E-state index contributed by atoms with van der Waals surface area (Å²) in [6.45, 7) is 0.207. The molecule has 0 unspecified atom stereocenters. The lowest BCUT2D eigenvalue weighted by molar-refractivity contribution is 0.0784. The summed E-state index contributed by atoms with van der Waals surface area (Å²) in [5, 5.41) is 7.03. The lowest BCUT2D eigenvalue weighted by Crippen LogP contribution is -2.26. The van der Waals surface area contributed by atoms with Gasteiger partial charge in [0.25, 0.3) is 5.91 Å². The number of amides is 1. The average molecular weight is 433 g/mol. The van der Waals surface area contributed by atoms with Gasteiger partial charge in [-0.15, -0.1) is 0 Å². The number of hydrogen-bond acceptors (Lipinski definition) is 3. The Labute approximate surface area is 183 Å². The normalized spacial score (nSPS) is 13.3. The fourth-order valence-electron chi connectivity index (χ4n) is 3.79. The lowest BCUT2D eigenvalue weighted by atomic mass is 10.0. The molecule has 0 radical (unpaired) electrons. The van der Waals surface area contributed by atoms with E-state index in [0.29, 0.717) is 33.3 Å². The molecule has 5 nitrogen and oxygen atoms in total. The Morgan fingerprint density at radius 3 is 2.66 bits per heavy atom. The number of ether oxygens (including phenoxy) is 1. The standard InChI is InChI=1S/C25H21F2N3O2/c1-30(14-16-7-10-20(26)19-13-28-29-24(16)19)25(31)17-11-21(27)23(15-5-3-2-4-6-15)22(12-17)32-18-8-9-18/h2-7,10-13,18H,8-9,14H2,1H3,(H,28,29). The fourth-order valence-corrected chi connectivity index (χ4v) is 3.79. The van der Waals surface area contributed by atoms with Crippen LogP contribution >= 0.6 is 0 Å². The van der Waals surface area contributed by atoms with Crippen LogP contribution in [0.15, 0.2) is 60.8 Å². The number of aromatic nitrogens is 2. The van der Waals surface area contributed by atoms with Crippen LogP contribution in [0.5, 0.6) is 5.75 Å². The van der Waals surface area contributed by atoms with Gasteiger partial charge in [-0.2, -0.15) is 5.10 Å². The van der Waals surface area contributed by atoms with E-state index in [1.807, 2.05) is 30.3 Å². The summed E-state index contributed by atoms with van der Waals surface area (Å²) >= 11 is 0. The Hall–Kier alpha value is -3.74. The molecule has 5 rings (SSSR count). The molecule has 1 N–H and O–H groups in total. The first-order valence-corrected chi connectivity index (χ1v) is 10.4. The highest BCUT2D eigenvalue weighted by atomic mass is 19.1. The highest BCUT2D eigenvalue weighted by Gasteiger charge is 2.27. The molecule has 1 fully saturated rings. The fraction of sp³-hybridized carbons (Fsp3) is 0.200. The van der Waals surface area contributed by atoms with Gasteiger partial charge in [0, 0.05) is 19.2 Å². The Kier molecular flexibility index (Phi) is 5.09.